The summed E-state index contributed by atoms with van der Waals surface area (Å²) in [6, 6.07) is 0. The fourth-order valence-corrected chi connectivity index (χ4v) is 4.79. The Kier molecular flexibility index (Phi) is 17.4. The maximum atomic E-state index is 11.9. The lowest BCUT2D eigenvalue weighted by Crippen LogP contribution is -2.59. The zero-order valence-electron chi connectivity index (χ0n) is 22.0. The first kappa shape index (κ1) is 32.1. The Morgan fingerprint density at radius 3 is 1.53 bits per heavy atom. The van der Waals surface area contributed by atoms with Crippen LogP contribution in [0, 0.1) is 17.8 Å². The molecule has 2 N–H and O–H groups in total. The Labute approximate surface area is 206 Å². The van der Waals surface area contributed by atoms with Crippen LogP contribution in [0.15, 0.2) is 12.2 Å². The van der Waals surface area contributed by atoms with Crippen LogP contribution in [0.1, 0.15) is 98.3 Å². The molecule has 0 saturated heterocycles. The van der Waals surface area contributed by atoms with E-state index in [4.69, 9.17) is 0 Å². The minimum Gasteiger partial charge on any atom is -0.550 e. The fourth-order valence-electron chi connectivity index (χ4n) is 4.79. The minimum atomic E-state index is -1.14. The fraction of sp³-hybridized carbons (Fsp3) is 0.815. The second-order valence-electron chi connectivity index (χ2n) is 9.76. The number of quaternary nitrogens is 1. The van der Waals surface area contributed by atoms with E-state index in [0.717, 1.165) is 32.1 Å². The number of nitrogens with zero attached hydrogens (tertiary/aromatic N) is 1. The van der Waals surface area contributed by atoms with Crippen molar-refractivity contribution in [2.24, 2.45) is 17.8 Å². The lowest BCUT2D eigenvalue weighted by molar-refractivity contribution is -0.935. The summed E-state index contributed by atoms with van der Waals surface area (Å²) in [6.07, 6.45) is 14.2. The summed E-state index contributed by atoms with van der Waals surface area (Å²) < 4.78 is 0.214. The highest BCUT2D eigenvalue weighted by molar-refractivity contribution is 5.70. The Morgan fingerprint density at radius 1 is 0.735 bits per heavy atom. The van der Waals surface area contributed by atoms with Crippen LogP contribution in [0.3, 0.4) is 0 Å². The van der Waals surface area contributed by atoms with Gasteiger partial charge >= 0.3 is 11.9 Å². The molecule has 3 atom stereocenters. The van der Waals surface area contributed by atoms with Gasteiger partial charge < -0.3 is 24.6 Å². The van der Waals surface area contributed by atoms with Gasteiger partial charge in [0.15, 0.2) is 0 Å². The van der Waals surface area contributed by atoms with Crippen molar-refractivity contribution in [3.8, 4) is 0 Å². The molecule has 34 heavy (non-hydrogen) atoms. The highest BCUT2D eigenvalue weighted by Crippen LogP contribution is 2.25. The summed E-state index contributed by atoms with van der Waals surface area (Å²) in [6.45, 7) is 8.77. The molecular weight excluding hydrogens is 434 g/mol. The second-order valence-corrected chi connectivity index (χ2v) is 9.76. The Bertz CT molecular complexity index is 558. The second kappa shape index (κ2) is 18.4. The number of carbonyl (C=O) groups excluding carboxylic acids is 1. The lowest BCUT2D eigenvalue weighted by atomic mass is 9.95. The number of aliphatic carboxylic acids is 3. The molecule has 7 nitrogen and oxygen atoms in total. The maximum absolute atomic E-state index is 11.9. The average molecular weight is 484 g/mol. The number of carboxylic acids is 3. The summed E-state index contributed by atoms with van der Waals surface area (Å²) in [5.41, 5.74) is 0. The van der Waals surface area contributed by atoms with Crippen LogP contribution in [0.5, 0.6) is 0 Å². The normalized spacial score (nSPS) is 16.1. The zero-order valence-corrected chi connectivity index (χ0v) is 22.0. The first-order valence-electron chi connectivity index (χ1n) is 13.3. The molecule has 3 unspecified atom stereocenters. The quantitative estimate of drug-likeness (QED) is 0.133. The third kappa shape index (κ3) is 13.1. The third-order valence-electron chi connectivity index (χ3n) is 7.07. The molecule has 0 aliphatic heterocycles. The summed E-state index contributed by atoms with van der Waals surface area (Å²) in [7, 11) is 0. The van der Waals surface area contributed by atoms with E-state index >= 15 is 0 Å². The number of hydrogen-bond acceptors (Lipinski definition) is 4. The van der Waals surface area contributed by atoms with Gasteiger partial charge in [-0.3, -0.25) is 9.59 Å². The first-order valence-corrected chi connectivity index (χ1v) is 13.3. The van der Waals surface area contributed by atoms with E-state index in [0.29, 0.717) is 25.8 Å². The molecule has 0 aromatic heterocycles. The van der Waals surface area contributed by atoms with Crippen molar-refractivity contribution in [1.29, 1.82) is 0 Å². The molecule has 0 bridgehead atoms. The van der Waals surface area contributed by atoms with E-state index in [1.807, 2.05) is 20.8 Å². The number of allylic oxidation sites excluding steroid dienone is 2. The van der Waals surface area contributed by atoms with E-state index in [-0.39, 0.29) is 24.1 Å². The van der Waals surface area contributed by atoms with Crippen molar-refractivity contribution >= 4 is 17.9 Å². The van der Waals surface area contributed by atoms with Crippen LogP contribution >= 0.6 is 0 Å². The standard InChI is InChI=1S/C27H49NO6/c1-5-9-10-11-12-13-14-15-16-17-18-28(19-22(6-2)25(29)30,20-23(7-3)26(31)32)21-24(8-4)27(33)34/h5,9,22-24H,6-8,10-21H2,1-4H3,(H2-,29,30,31,32,33,34)/b9-5+. The van der Waals surface area contributed by atoms with Gasteiger partial charge in [-0.2, -0.15) is 0 Å². The number of rotatable bonds is 22. The van der Waals surface area contributed by atoms with Crippen molar-refractivity contribution in [3.05, 3.63) is 12.2 Å². The predicted octanol–water partition coefficient (Wildman–Crippen LogP) is 4.50. The van der Waals surface area contributed by atoms with Gasteiger partial charge in [0.05, 0.1) is 32.1 Å². The van der Waals surface area contributed by atoms with Gasteiger partial charge in [-0.15, -0.1) is 0 Å². The minimum absolute atomic E-state index is 0.214. The molecule has 0 rings (SSSR count). The zero-order chi connectivity index (χ0) is 26.0. The molecular formula is C27H49NO6. The Balaban J connectivity index is 5.42. The molecule has 0 amide bonds. The van der Waals surface area contributed by atoms with Crippen LogP contribution in [-0.4, -0.2) is 58.8 Å². The molecule has 7 heteroatoms. The highest BCUT2D eigenvalue weighted by Gasteiger charge is 2.39. The van der Waals surface area contributed by atoms with Crippen molar-refractivity contribution in [2.45, 2.75) is 98.3 Å². The van der Waals surface area contributed by atoms with Gasteiger partial charge in [-0.1, -0.05) is 58.6 Å². The molecule has 0 fully saturated rings. The van der Waals surface area contributed by atoms with E-state index in [1.54, 1.807) is 6.92 Å². The Morgan fingerprint density at radius 2 is 1.15 bits per heavy atom. The van der Waals surface area contributed by atoms with Gasteiger partial charge in [0, 0.05) is 5.92 Å². The monoisotopic (exact) mass is 483 g/mol. The van der Waals surface area contributed by atoms with Gasteiger partial charge in [0.1, 0.15) is 11.8 Å². The molecule has 0 saturated carbocycles. The number of hydrogen-bond donors (Lipinski definition) is 2. The molecule has 198 valence electrons. The van der Waals surface area contributed by atoms with Crippen LogP contribution in [0.25, 0.3) is 0 Å². The smallest absolute Gasteiger partial charge is 0.312 e. The van der Waals surface area contributed by atoms with Crippen molar-refractivity contribution < 1.29 is 34.2 Å². The summed E-state index contributed by atoms with van der Waals surface area (Å²) in [5.74, 6) is -4.96. The largest absolute Gasteiger partial charge is 0.550 e. The molecule has 0 aromatic rings. The van der Waals surface area contributed by atoms with Gasteiger partial charge in [0.25, 0.3) is 0 Å². The maximum Gasteiger partial charge on any atom is 0.312 e. The molecule has 0 aliphatic carbocycles. The highest BCUT2D eigenvalue weighted by atomic mass is 16.4. The molecule has 0 heterocycles. The topological polar surface area (TPSA) is 115 Å². The van der Waals surface area contributed by atoms with Crippen LogP contribution in [-0.2, 0) is 14.4 Å². The van der Waals surface area contributed by atoms with Crippen LogP contribution < -0.4 is 5.11 Å². The van der Waals surface area contributed by atoms with Gasteiger partial charge in [-0.25, -0.2) is 0 Å². The van der Waals surface area contributed by atoms with E-state index in [9.17, 15) is 29.7 Å². The number of unbranched alkanes of at least 4 members (excludes halogenated alkanes) is 7. The predicted molar refractivity (Wildman–Crippen MR) is 133 cm³/mol. The van der Waals surface area contributed by atoms with Crippen molar-refractivity contribution in [1.82, 2.24) is 0 Å². The van der Waals surface area contributed by atoms with E-state index in [2.05, 4.69) is 12.2 Å². The molecule has 0 radical (unpaired) electrons. The van der Waals surface area contributed by atoms with Gasteiger partial charge in [0.2, 0.25) is 0 Å². The molecule has 0 aromatic carbocycles. The molecule has 0 spiro atoms. The van der Waals surface area contributed by atoms with E-state index in [1.165, 1.54) is 19.3 Å². The summed E-state index contributed by atoms with van der Waals surface area (Å²) in [4.78, 5) is 35.5. The summed E-state index contributed by atoms with van der Waals surface area (Å²) >= 11 is 0. The van der Waals surface area contributed by atoms with Crippen LogP contribution in [0.4, 0.5) is 0 Å². The average Bonchev–Trinajstić information content (AvgIpc) is 2.79. The van der Waals surface area contributed by atoms with E-state index < -0.39 is 35.7 Å². The Hall–Kier alpha value is -1.89. The summed E-state index contributed by atoms with van der Waals surface area (Å²) in [5, 5.41) is 31.2. The third-order valence-corrected chi connectivity index (χ3v) is 7.07. The van der Waals surface area contributed by atoms with Crippen LogP contribution in [0.2, 0.25) is 0 Å². The SMILES string of the molecule is C/C=C/CCCCCCCCC[N+](CC(CC)C(=O)[O-])(CC(CC)C(=O)O)CC(CC)C(=O)O. The first-order chi connectivity index (χ1) is 16.2. The van der Waals surface area contributed by atoms with Crippen molar-refractivity contribution in [2.75, 3.05) is 26.2 Å². The molecule has 0 aliphatic rings. The number of carbonyl (C=O) groups is 3. The van der Waals surface area contributed by atoms with Crippen molar-refractivity contribution in [3.63, 3.8) is 0 Å². The van der Waals surface area contributed by atoms with Gasteiger partial charge in [-0.05, 0) is 51.9 Å². The number of carboxylic acid groups (broad SMARTS) is 3. The lowest BCUT2D eigenvalue weighted by Gasteiger charge is -2.44.